The molecule has 0 N–H and O–H groups in total. The van der Waals surface area contributed by atoms with Crippen LogP contribution in [0.1, 0.15) is 54.2 Å². The SMILES string of the molecule is Cc1c(C)c(C)c(B2c3cc(C(C)(C)C)ccc3-n3c4c2ccc2cccc(c24)n2c4c(ccc5oc6ccccc6c54)nc32)c(C)c1C. The molecule has 238 valence electrons. The summed E-state index contributed by atoms with van der Waals surface area (Å²) in [6.07, 6.45) is 0. The van der Waals surface area contributed by atoms with Crippen molar-refractivity contribution in [1.29, 1.82) is 0 Å². The molecule has 9 aromatic rings. The number of para-hydroxylation sites is 1. The van der Waals surface area contributed by atoms with E-state index in [1.165, 1.54) is 77.3 Å². The molecule has 0 radical (unpaired) electrons. The lowest BCUT2D eigenvalue weighted by Gasteiger charge is -2.34. The monoisotopic (exact) mass is 635 g/mol. The lowest BCUT2D eigenvalue weighted by atomic mass is 9.33. The van der Waals surface area contributed by atoms with Crippen LogP contribution in [0.2, 0.25) is 0 Å². The minimum atomic E-state index is 0.00258. The third-order valence-corrected chi connectivity index (χ3v) is 11.9. The molecule has 0 bridgehead atoms. The van der Waals surface area contributed by atoms with Crippen molar-refractivity contribution in [3.63, 3.8) is 0 Å². The topological polar surface area (TPSA) is 35.4 Å². The number of aromatic nitrogens is 3. The Morgan fingerprint density at radius 1 is 0.653 bits per heavy atom. The molecular weight excluding hydrogens is 597 g/mol. The van der Waals surface area contributed by atoms with Gasteiger partial charge in [-0.05, 0) is 109 Å². The lowest BCUT2D eigenvalue weighted by molar-refractivity contribution is 0.590. The number of rotatable bonds is 1. The Balaban J connectivity index is 1.46. The summed E-state index contributed by atoms with van der Waals surface area (Å²) < 4.78 is 11.3. The number of imidazole rings is 1. The van der Waals surface area contributed by atoms with Gasteiger partial charge in [-0.2, -0.15) is 0 Å². The zero-order chi connectivity index (χ0) is 33.7. The largest absolute Gasteiger partial charge is 0.456 e. The summed E-state index contributed by atoms with van der Waals surface area (Å²) in [4.78, 5) is 5.49. The van der Waals surface area contributed by atoms with Crippen LogP contribution in [-0.4, -0.2) is 20.7 Å². The first-order valence-corrected chi connectivity index (χ1v) is 17.4. The highest BCUT2D eigenvalue weighted by Crippen LogP contribution is 2.40. The van der Waals surface area contributed by atoms with Crippen molar-refractivity contribution in [2.75, 3.05) is 0 Å². The molecule has 1 aliphatic rings. The van der Waals surface area contributed by atoms with Gasteiger partial charge in [0.25, 0.3) is 0 Å². The van der Waals surface area contributed by atoms with E-state index in [1.807, 2.05) is 6.07 Å². The Morgan fingerprint density at radius 3 is 2.18 bits per heavy atom. The highest BCUT2D eigenvalue weighted by atomic mass is 16.3. The van der Waals surface area contributed by atoms with E-state index in [0.29, 0.717) is 0 Å². The van der Waals surface area contributed by atoms with Gasteiger partial charge in [0.15, 0.2) is 0 Å². The molecular formula is C44H38BN3O. The summed E-state index contributed by atoms with van der Waals surface area (Å²) in [6.45, 7) is 18.6. The van der Waals surface area contributed by atoms with Gasteiger partial charge in [0.05, 0.1) is 27.5 Å². The Kier molecular flexibility index (Phi) is 5.53. The molecule has 0 fully saturated rings. The molecule has 0 saturated heterocycles. The summed E-state index contributed by atoms with van der Waals surface area (Å²) in [5.74, 6) is 0.924. The molecule has 6 aromatic carbocycles. The summed E-state index contributed by atoms with van der Waals surface area (Å²) >= 11 is 0. The van der Waals surface area contributed by atoms with Crippen LogP contribution in [0, 0.1) is 34.6 Å². The second-order valence-corrected chi connectivity index (χ2v) is 15.4. The van der Waals surface area contributed by atoms with E-state index in [2.05, 4.69) is 143 Å². The third kappa shape index (κ3) is 3.58. The maximum atomic E-state index is 6.41. The highest BCUT2D eigenvalue weighted by molar-refractivity contribution is 6.98. The number of benzene rings is 6. The molecule has 4 nitrogen and oxygen atoms in total. The first-order valence-electron chi connectivity index (χ1n) is 17.4. The van der Waals surface area contributed by atoms with Crippen molar-refractivity contribution in [2.45, 2.75) is 60.8 Å². The van der Waals surface area contributed by atoms with Crippen LogP contribution < -0.4 is 16.4 Å². The lowest BCUT2D eigenvalue weighted by Crippen LogP contribution is -2.58. The number of hydrogen-bond acceptors (Lipinski definition) is 2. The van der Waals surface area contributed by atoms with E-state index in [1.54, 1.807) is 0 Å². The van der Waals surface area contributed by atoms with Crippen LogP contribution >= 0.6 is 0 Å². The minimum absolute atomic E-state index is 0.00258. The molecule has 0 unspecified atom stereocenters. The third-order valence-electron chi connectivity index (χ3n) is 11.9. The van der Waals surface area contributed by atoms with Gasteiger partial charge in [-0.1, -0.05) is 92.0 Å². The van der Waals surface area contributed by atoms with Gasteiger partial charge in [-0.3, -0.25) is 8.97 Å². The molecule has 0 amide bonds. The van der Waals surface area contributed by atoms with Crippen LogP contribution in [0.15, 0.2) is 89.3 Å². The van der Waals surface area contributed by atoms with Gasteiger partial charge >= 0.3 is 0 Å². The zero-order valence-corrected chi connectivity index (χ0v) is 29.4. The molecule has 0 atom stereocenters. The fourth-order valence-electron chi connectivity index (χ4n) is 8.98. The van der Waals surface area contributed by atoms with Gasteiger partial charge in [0, 0.05) is 16.5 Å². The number of nitrogens with zero attached hydrogens (tertiary/aromatic N) is 3. The van der Waals surface area contributed by atoms with E-state index < -0.39 is 0 Å². The number of furan rings is 1. The van der Waals surface area contributed by atoms with Crippen LogP contribution in [0.3, 0.4) is 0 Å². The Bertz CT molecular complexity index is 2900. The van der Waals surface area contributed by atoms with Crippen molar-refractivity contribution < 1.29 is 4.42 Å². The molecule has 0 saturated carbocycles. The second-order valence-electron chi connectivity index (χ2n) is 15.4. The molecule has 5 heteroatoms. The Morgan fingerprint density at radius 2 is 1.41 bits per heavy atom. The molecule has 10 rings (SSSR count). The average Bonchev–Trinajstić information content (AvgIpc) is 3.67. The van der Waals surface area contributed by atoms with Crippen molar-refractivity contribution in [3.8, 4) is 5.69 Å². The van der Waals surface area contributed by atoms with Gasteiger partial charge in [0.1, 0.15) is 11.2 Å². The average molecular weight is 636 g/mol. The Hall–Kier alpha value is -5.29. The fraction of sp³-hybridized carbons (Fsp3) is 0.205. The summed E-state index contributed by atoms with van der Waals surface area (Å²) in [5.41, 5.74) is 19.9. The van der Waals surface area contributed by atoms with Crippen molar-refractivity contribution in [2.24, 2.45) is 0 Å². The van der Waals surface area contributed by atoms with Crippen molar-refractivity contribution in [3.05, 3.63) is 118 Å². The predicted molar refractivity (Wildman–Crippen MR) is 208 cm³/mol. The maximum absolute atomic E-state index is 6.41. The smallest absolute Gasteiger partial charge is 0.247 e. The summed E-state index contributed by atoms with van der Waals surface area (Å²) in [5, 5.41) is 4.72. The van der Waals surface area contributed by atoms with E-state index >= 15 is 0 Å². The minimum Gasteiger partial charge on any atom is -0.456 e. The number of hydrogen-bond donors (Lipinski definition) is 0. The molecule has 0 spiro atoms. The Labute approximate surface area is 286 Å². The second kappa shape index (κ2) is 9.44. The fourth-order valence-corrected chi connectivity index (χ4v) is 8.98. The van der Waals surface area contributed by atoms with E-state index in [4.69, 9.17) is 9.40 Å². The normalized spacial score (nSPS) is 13.3. The maximum Gasteiger partial charge on any atom is 0.247 e. The zero-order valence-electron chi connectivity index (χ0n) is 29.4. The molecule has 49 heavy (non-hydrogen) atoms. The summed E-state index contributed by atoms with van der Waals surface area (Å²) in [6, 6.07) is 31.2. The quantitative estimate of drug-likeness (QED) is 0.169. The predicted octanol–water partition coefficient (Wildman–Crippen LogP) is 9.15. The number of fused-ring (bicyclic) bond motifs is 11. The van der Waals surface area contributed by atoms with E-state index in [9.17, 15) is 0 Å². The highest BCUT2D eigenvalue weighted by Gasteiger charge is 2.37. The van der Waals surface area contributed by atoms with Crippen molar-refractivity contribution in [1.82, 2.24) is 14.0 Å². The van der Waals surface area contributed by atoms with E-state index in [0.717, 1.165) is 38.7 Å². The van der Waals surface area contributed by atoms with Gasteiger partial charge in [-0.25, -0.2) is 4.98 Å². The summed E-state index contributed by atoms with van der Waals surface area (Å²) in [7, 11) is 0. The van der Waals surface area contributed by atoms with Crippen LogP contribution in [0.4, 0.5) is 0 Å². The molecule has 0 aliphatic carbocycles. The standard InChI is InChI=1S/C44H38BN3O/c1-23-24(2)26(4)40(27(5)25(23)3)45-31-18-16-28-12-11-14-35-38(28)41(31)47(34-20-17-29(22-32(34)45)44(6,7)8)43-46-33-19-21-37-39(42(33)48(35)43)30-13-9-10-15-36(30)49-37/h9-22H,1-8H3. The van der Waals surface area contributed by atoms with Crippen LogP contribution in [0.25, 0.3) is 66.2 Å². The molecule has 4 heterocycles. The van der Waals surface area contributed by atoms with E-state index in [-0.39, 0.29) is 12.1 Å². The van der Waals surface area contributed by atoms with Crippen LogP contribution in [-0.2, 0) is 5.41 Å². The van der Waals surface area contributed by atoms with Crippen LogP contribution in [0.5, 0.6) is 0 Å². The first-order chi connectivity index (χ1) is 23.5. The first kappa shape index (κ1) is 28.7. The van der Waals surface area contributed by atoms with Gasteiger partial charge in [0.2, 0.25) is 12.5 Å². The van der Waals surface area contributed by atoms with Crippen molar-refractivity contribution >= 4 is 83.7 Å². The van der Waals surface area contributed by atoms with Gasteiger partial charge < -0.3 is 4.42 Å². The molecule has 1 aliphatic heterocycles. The van der Waals surface area contributed by atoms with Gasteiger partial charge in [-0.15, -0.1) is 0 Å². The molecule has 3 aromatic heterocycles.